The largest absolute Gasteiger partial charge is 0.493 e. The number of aromatic nitrogens is 1. The van der Waals surface area contributed by atoms with E-state index < -0.39 is 5.91 Å². The Morgan fingerprint density at radius 3 is 2.60 bits per heavy atom. The molecule has 1 N–H and O–H groups in total. The third-order valence-corrected chi connectivity index (χ3v) is 3.85. The van der Waals surface area contributed by atoms with E-state index in [0.717, 1.165) is 5.52 Å². The van der Waals surface area contributed by atoms with Gasteiger partial charge in [-0.05, 0) is 24.6 Å². The first-order valence-corrected chi connectivity index (χ1v) is 7.90. The monoisotopic (exact) mass is 332 g/mol. The summed E-state index contributed by atoms with van der Waals surface area (Å²) in [7, 11) is 0. The lowest BCUT2D eigenvalue weighted by Crippen LogP contribution is -1.96. The van der Waals surface area contributed by atoms with E-state index >= 15 is 0 Å². The first-order valence-electron chi connectivity index (χ1n) is 7.90. The molecule has 2 aromatic carbocycles. The van der Waals surface area contributed by atoms with Gasteiger partial charge in [-0.15, -0.1) is 10.2 Å². The molecule has 0 atom stereocenters. The topological polar surface area (TPSA) is 90.7 Å². The van der Waals surface area contributed by atoms with Crippen LogP contribution in [0.4, 0.5) is 5.69 Å². The number of nitrogens with zero attached hydrogens (tertiary/aromatic N) is 4. The van der Waals surface area contributed by atoms with Crippen LogP contribution in [-0.4, -0.2) is 15.6 Å². The van der Waals surface area contributed by atoms with Gasteiger partial charge in [-0.25, -0.2) is 0 Å². The molecule has 3 aromatic rings. The van der Waals surface area contributed by atoms with Crippen molar-refractivity contribution >= 4 is 22.5 Å². The summed E-state index contributed by atoms with van der Waals surface area (Å²) in [5.41, 5.74) is 1.49. The number of carbonyl (C=O) groups excluding carboxylic acids is 1. The van der Waals surface area contributed by atoms with Crippen LogP contribution in [0.25, 0.3) is 10.9 Å². The summed E-state index contributed by atoms with van der Waals surface area (Å²) in [5, 5.41) is 27.7. The third kappa shape index (κ3) is 3.40. The highest BCUT2D eigenvalue weighted by Crippen LogP contribution is 2.39. The van der Waals surface area contributed by atoms with E-state index in [1.807, 2.05) is 30.3 Å². The molecule has 0 radical (unpaired) electrons. The van der Waals surface area contributed by atoms with E-state index in [0.29, 0.717) is 30.3 Å². The fourth-order valence-electron chi connectivity index (χ4n) is 2.65. The third-order valence-electron chi connectivity index (χ3n) is 3.85. The van der Waals surface area contributed by atoms with Crippen LogP contribution >= 0.6 is 0 Å². The maximum atomic E-state index is 12.1. The smallest absolute Gasteiger partial charge is 0.295 e. The van der Waals surface area contributed by atoms with Crippen molar-refractivity contribution in [3.8, 4) is 11.9 Å². The summed E-state index contributed by atoms with van der Waals surface area (Å²) in [6, 6.07) is 18.1. The molecule has 1 heterocycles. The Labute approximate surface area is 144 Å². The molecule has 124 valence electrons. The lowest BCUT2D eigenvalue weighted by atomic mass is 10.2. The molecule has 3 rings (SSSR count). The maximum absolute atomic E-state index is 12.1. The zero-order valence-electron chi connectivity index (χ0n) is 13.5. The molecule has 0 saturated carbocycles. The van der Waals surface area contributed by atoms with Gasteiger partial charge in [0.15, 0.2) is 5.69 Å². The Morgan fingerprint density at radius 1 is 1.12 bits per heavy atom. The highest BCUT2D eigenvalue weighted by atomic mass is 16.3. The number of carbonyl (C=O) groups is 1. The molecule has 6 nitrogen and oxygen atoms in total. The van der Waals surface area contributed by atoms with Gasteiger partial charge in [-0.1, -0.05) is 36.4 Å². The van der Waals surface area contributed by atoms with Crippen LogP contribution in [0.5, 0.6) is 5.88 Å². The highest BCUT2D eigenvalue weighted by Gasteiger charge is 2.16. The molecule has 0 saturated heterocycles. The number of aryl methyl sites for hydroxylation is 1. The molecule has 0 unspecified atom stereocenters. The van der Waals surface area contributed by atoms with Crippen LogP contribution in [0.3, 0.4) is 0 Å². The molecule has 0 aliphatic heterocycles. The number of fused-ring (bicyclic) bond motifs is 1. The first-order chi connectivity index (χ1) is 12.2. The van der Waals surface area contributed by atoms with Crippen LogP contribution in [0.1, 0.15) is 23.2 Å². The van der Waals surface area contributed by atoms with Gasteiger partial charge >= 0.3 is 0 Å². The fourth-order valence-corrected chi connectivity index (χ4v) is 2.65. The maximum Gasteiger partial charge on any atom is 0.295 e. The molecule has 0 aliphatic rings. The number of hydrogen-bond acceptors (Lipinski definition) is 4. The van der Waals surface area contributed by atoms with Crippen LogP contribution in [-0.2, 0) is 6.54 Å². The normalized spacial score (nSPS) is 11.0. The molecule has 0 aliphatic carbocycles. The number of amides is 1. The van der Waals surface area contributed by atoms with Gasteiger partial charge in [0.05, 0.1) is 11.6 Å². The number of unbranched alkanes of at least 4 members (excludes halogenated alkanes) is 1. The lowest BCUT2D eigenvalue weighted by molar-refractivity contribution is 0.0995. The van der Waals surface area contributed by atoms with Crippen molar-refractivity contribution in [2.45, 2.75) is 19.4 Å². The van der Waals surface area contributed by atoms with Gasteiger partial charge in [0.2, 0.25) is 5.88 Å². The van der Waals surface area contributed by atoms with E-state index in [1.165, 1.54) is 0 Å². The first kappa shape index (κ1) is 16.4. The average Bonchev–Trinajstić information content (AvgIpc) is 2.92. The van der Waals surface area contributed by atoms with Crippen molar-refractivity contribution in [1.82, 2.24) is 4.57 Å². The van der Waals surface area contributed by atoms with Crippen molar-refractivity contribution in [1.29, 1.82) is 5.26 Å². The van der Waals surface area contributed by atoms with E-state index in [4.69, 9.17) is 5.26 Å². The van der Waals surface area contributed by atoms with E-state index in [-0.39, 0.29) is 11.6 Å². The van der Waals surface area contributed by atoms with E-state index in [2.05, 4.69) is 16.3 Å². The molecule has 1 amide bonds. The second-order valence-corrected chi connectivity index (χ2v) is 5.47. The summed E-state index contributed by atoms with van der Waals surface area (Å²) >= 11 is 0. The molecule has 0 fully saturated rings. The molecular formula is C19H16N4O2. The predicted octanol–water partition coefficient (Wildman–Crippen LogP) is 4.57. The number of azo groups is 1. The number of benzene rings is 2. The summed E-state index contributed by atoms with van der Waals surface area (Å²) < 4.78 is 1.69. The van der Waals surface area contributed by atoms with Crippen molar-refractivity contribution in [2.75, 3.05) is 0 Å². The zero-order valence-corrected chi connectivity index (χ0v) is 13.5. The Morgan fingerprint density at radius 2 is 1.84 bits per heavy atom. The minimum atomic E-state index is -0.471. The minimum Gasteiger partial charge on any atom is -0.493 e. The lowest BCUT2D eigenvalue weighted by Gasteiger charge is -2.04. The van der Waals surface area contributed by atoms with Gasteiger partial charge in [0, 0.05) is 23.9 Å². The second-order valence-electron chi connectivity index (χ2n) is 5.47. The van der Waals surface area contributed by atoms with Gasteiger partial charge in [0.25, 0.3) is 5.91 Å². The predicted molar refractivity (Wildman–Crippen MR) is 93.7 cm³/mol. The quantitative estimate of drug-likeness (QED) is 0.548. The fraction of sp³-hybridized carbons (Fsp3) is 0.158. The van der Waals surface area contributed by atoms with Gasteiger partial charge in [0.1, 0.15) is 0 Å². The molecule has 0 bridgehead atoms. The summed E-state index contributed by atoms with van der Waals surface area (Å²) in [6.45, 7) is 0.488. The second kappa shape index (κ2) is 7.41. The summed E-state index contributed by atoms with van der Waals surface area (Å²) in [4.78, 5) is 12.1. The van der Waals surface area contributed by atoms with Crippen molar-refractivity contribution in [2.24, 2.45) is 10.2 Å². The number of rotatable bonds is 5. The Kier molecular flexibility index (Phi) is 4.86. The molecule has 25 heavy (non-hydrogen) atoms. The number of aromatic hydroxyl groups is 1. The van der Waals surface area contributed by atoms with Crippen LogP contribution in [0, 0.1) is 11.3 Å². The SMILES string of the molecule is N#CCCCn1c(O)c(N=NC(=O)c2ccccc2)c2ccccc21. The Balaban J connectivity index is 1.96. The Bertz CT molecular complexity index is 968. The molecule has 0 spiro atoms. The summed E-state index contributed by atoms with van der Waals surface area (Å²) in [5.74, 6) is -0.523. The van der Waals surface area contributed by atoms with Crippen LogP contribution < -0.4 is 0 Å². The van der Waals surface area contributed by atoms with Crippen molar-refractivity contribution in [3.05, 3.63) is 60.2 Å². The molecular weight excluding hydrogens is 316 g/mol. The van der Waals surface area contributed by atoms with E-state index in [1.54, 1.807) is 28.8 Å². The zero-order chi connectivity index (χ0) is 17.6. The van der Waals surface area contributed by atoms with Crippen LogP contribution in [0.2, 0.25) is 0 Å². The average molecular weight is 332 g/mol. The van der Waals surface area contributed by atoms with Gasteiger partial charge < -0.3 is 9.67 Å². The van der Waals surface area contributed by atoms with Crippen molar-refractivity contribution in [3.63, 3.8) is 0 Å². The van der Waals surface area contributed by atoms with Gasteiger partial charge in [-0.2, -0.15) is 5.26 Å². The highest BCUT2D eigenvalue weighted by molar-refractivity contribution is 5.97. The number of para-hydroxylation sites is 1. The number of hydrogen-bond donors (Lipinski definition) is 1. The molecule has 6 heteroatoms. The summed E-state index contributed by atoms with van der Waals surface area (Å²) in [6.07, 6.45) is 1.01. The van der Waals surface area contributed by atoms with Crippen molar-refractivity contribution < 1.29 is 9.90 Å². The standard InChI is InChI=1S/C19H16N4O2/c20-12-6-7-13-23-16-11-5-4-10-15(16)17(19(23)25)21-22-18(24)14-8-2-1-3-9-14/h1-5,8-11,25H,6-7,13H2. The van der Waals surface area contributed by atoms with Crippen LogP contribution in [0.15, 0.2) is 64.8 Å². The number of nitriles is 1. The molecule has 1 aromatic heterocycles. The minimum absolute atomic E-state index is 0.0521. The van der Waals surface area contributed by atoms with Gasteiger partial charge in [-0.3, -0.25) is 4.79 Å². The Hall–Kier alpha value is -3.46. The van der Waals surface area contributed by atoms with E-state index in [9.17, 15) is 9.90 Å².